The van der Waals surface area contributed by atoms with Crippen LogP contribution in [0.3, 0.4) is 0 Å². The number of hydrogen-bond donors (Lipinski definition) is 0. The second kappa shape index (κ2) is 68.6. The lowest BCUT2D eigenvalue weighted by Gasteiger charge is -2.26. The average Bonchev–Trinajstić information content (AvgIpc) is 3.59. The first-order valence-electron chi connectivity index (χ1n) is 37.1. The summed E-state index contributed by atoms with van der Waals surface area (Å²) in [6.07, 6.45) is 88.6. The van der Waals surface area contributed by atoms with Gasteiger partial charge < -0.3 is 33.3 Å². The van der Waals surface area contributed by atoms with E-state index in [9.17, 15) is 19.5 Å². The molecule has 0 N–H and O–H groups in total. The van der Waals surface area contributed by atoms with Crippen LogP contribution in [0.2, 0.25) is 0 Å². The normalized spacial score (nSPS) is 13.1. The van der Waals surface area contributed by atoms with Gasteiger partial charge in [-0.15, -0.1) is 0 Å². The summed E-state index contributed by atoms with van der Waals surface area (Å²) in [4.78, 5) is 37.5. The van der Waals surface area contributed by atoms with E-state index in [-0.39, 0.29) is 32.2 Å². The summed E-state index contributed by atoms with van der Waals surface area (Å²) in [5.74, 6) is -2.26. The third-order valence-corrected chi connectivity index (χ3v) is 16.5. The highest BCUT2D eigenvalue weighted by atomic mass is 16.7. The maximum absolute atomic E-state index is 13.0. The van der Waals surface area contributed by atoms with Crippen LogP contribution in [0.15, 0.2) is 72.9 Å². The summed E-state index contributed by atoms with van der Waals surface area (Å²) in [6, 6.07) is 0. The first-order valence-corrected chi connectivity index (χ1v) is 37.1. The Morgan fingerprint density at radius 3 is 0.977 bits per heavy atom. The van der Waals surface area contributed by atoms with Gasteiger partial charge in [-0.3, -0.25) is 9.59 Å². The predicted octanol–water partition coefficient (Wildman–Crippen LogP) is 21.9. The van der Waals surface area contributed by atoms with Gasteiger partial charge in [0.05, 0.1) is 40.3 Å². The van der Waals surface area contributed by atoms with Crippen LogP contribution in [-0.2, 0) is 33.3 Å². The molecule has 0 heterocycles. The van der Waals surface area contributed by atoms with E-state index < -0.39 is 24.3 Å². The van der Waals surface area contributed by atoms with Crippen molar-refractivity contribution in [3.05, 3.63) is 72.9 Å². The molecule has 0 aromatic rings. The molecule has 0 bridgehead atoms. The second-order valence-electron chi connectivity index (χ2n) is 26.2. The van der Waals surface area contributed by atoms with Crippen molar-refractivity contribution >= 4 is 17.9 Å². The minimum Gasteiger partial charge on any atom is -0.545 e. The molecular formula is C78H141NO8. The molecule has 0 saturated carbocycles. The van der Waals surface area contributed by atoms with Crippen LogP contribution in [-0.4, -0.2) is 82.3 Å². The van der Waals surface area contributed by atoms with E-state index in [1.165, 1.54) is 238 Å². The van der Waals surface area contributed by atoms with Gasteiger partial charge in [-0.25, -0.2) is 0 Å². The molecule has 0 spiro atoms. The molecule has 0 amide bonds. The van der Waals surface area contributed by atoms with Crippen molar-refractivity contribution in [2.45, 2.75) is 360 Å². The first kappa shape index (κ1) is 83.7. The lowest BCUT2D eigenvalue weighted by molar-refractivity contribution is -0.870. The Labute approximate surface area is 538 Å². The molecule has 2 unspecified atom stereocenters. The summed E-state index contributed by atoms with van der Waals surface area (Å²) >= 11 is 0. The predicted molar refractivity (Wildman–Crippen MR) is 371 cm³/mol. The number of carboxylic acids is 1. The maximum Gasteiger partial charge on any atom is 0.306 e. The fourth-order valence-corrected chi connectivity index (χ4v) is 10.8. The zero-order valence-corrected chi connectivity index (χ0v) is 57.9. The van der Waals surface area contributed by atoms with Crippen molar-refractivity contribution in [1.29, 1.82) is 0 Å². The minimum absolute atomic E-state index is 0.148. The Morgan fingerprint density at radius 2 is 0.655 bits per heavy atom. The number of likely N-dealkylation sites (N-methyl/N-ethyl adjacent to an activating group) is 1. The smallest absolute Gasteiger partial charge is 0.306 e. The van der Waals surface area contributed by atoms with Crippen LogP contribution in [0, 0.1) is 0 Å². The Kier molecular flexibility index (Phi) is 66.1. The molecule has 0 radical (unpaired) electrons. The molecule has 0 fully saturated rings. The molecule has 0 aromatic heterocycles. The van der Waals surface area contributed by atoms with Gasteiger partial charge in [-0.05, 0) is 64.2 Å². The highest BCUT2D eigenvalue weighted by Crippen LogP contribution is 2.19. The van der Waals surface area contributed by atoms with E-state index in [1.54, 1.807) is 0 Å². The number of aliphatic carboxylic acids is 1. The summed E-state index contributed by atoms with van der Waals surface area (Å²) in [7, 11) is 5.94. The number of nitrogens with zero attached hydrogens (tertiary/aromatic N) is 1. The van der Waals surface area contributed by atoms with Crippen molar-refractivity contribution in [2.75, 3.05) is 47.5 Å². The fraction of sp³-hybridized carbons (Fsp3) is 0.808. The van der Waals surface area contributed by atoms with Crippen LogP contribution in [0.4, 0.5) is 0 Å². The Morgan fingerprint density at radius 1 is 0.356 bits per heavy atom. The highest BCUT2D eigenvalue weighted by Gasteiger charge is 2.22. The van der Waals surface area contributed by atoms with Crippen molar-refractivity contribution in [1.82, 2.24) is 0 Å². The first-order chi connectivity index (χ1) is 42.6. The largest absolute Gasteiger partial charge is 0.545 e. The minimum atomic E-state index is -1.62. The zero-order valence-electron chi connectivity index (χ0n) is 57.9. The van der Waals surface area contributed by atoms with E-state index in [0.717, 1.165) is 77.0 Å². The van der Waals surface area contributed by atoms with E-state index >= 15 is 0 Å². The third kappa shape index (κ3) is 70.1. The summed E-state index contributed by atoms with van der Waals surface area (Å²) < 4.78 is 22.8. The zero-order chi connectivity index (χ0) is 63.3. The third-order valence-electron chi connectivity index (χ3n) is 16.5. The molecule has 87 heavy (non-hydrogen) atoms. The topological polar surface area (TPSA) is 111 Å². The van der Waals surface area contributed by atoms with Crippen LogP contribution in [0.25, 0.3) is 0 Å². The number of ether oxygens (including phenoxy) is 4. The maximum atomic E-state index is 13.0. The number of carboxylic acid groups (broad SMARTS) is 1. The molecule has 2 atom stereocenters. The van der Waals surface area contributed by atoms with Crippen LogP contribution >= 0.6 is 0 Å². The number of allylic oxidation sites excluding steroid dienone is 12. The Balaban J connectivity index is 4.06. The number of esters is 2. The van der Waals surface area contributed by atoms with E-state index in [4.69, 9.17) is 18.9 Å². The van der Waals surface area contributed by atoms with Crippen LogP contribution in [0.1, 0.15) is 348 Å². The van der Waals surface area contributed by atoms with Gasteiger partial charge in [0.25, 0.3) is 0 Å². The Hall–Kier alpha value is -3.27. The molecule has 0 rings (SSSR count). The molecule has 9 nitrogen and oxygen atoms in total. The molecule has 0 aliphatic heterocycles. The van der Waals surface area contributed by atoms with Crippen molar-refractivity contribution in [2.24, 2.45) is 0 Å². The molecule has 9 heteroatoms. The number of unbranched alkanes of at least 4 members (excludes halogenated alkanes) is 42. The van der Waals surface area contributed by atoms with Crippen LogP contribution < -0.4 is 5.11 Å². The van der Waals surface area contributed by atoms with Crippen LogP contribution in [0.5, 0.6) is 0 Å². The second-order valence-corrected chi connectivity index (χ2v) is 26.2. The highest BCUT2D eigenvalue weighted by molar-refractivity contribution is 5.70. The summed E-state index contributed by atoms with van der Waals surface area (Å²) in [6.45, 7) is 4.69. The van der Waals surface area contributed by atoms with Crippen molar-refractivity contribution in [3.63, 3.8) is 0 Å². The van der Waals surface area contributed by atoms with Gasteiger partial charge in [-0.2, -0.15) is 0 Å². The number of rotatable bonds is 69. The van der Waals surface area contributed by atoms with Gasteiger partial charge in [0, 0.05) is 12.8 Å². The molecule has 0 aromatic carbocycles. The Bertz CT molecular complexity index is 1660. The van der Waals surface area contributed by atoms with E-state index in [1.807, 2.05) is 21.1 Å². The number of hydrogen-bond acceptors (Lipinski definition) is 8. The number of quaternary nitrogens is 1. The summed E-state index contributed by atoms with van der Waals surface area (Å²) in [5, 5.41) is 11.8. The molecule has 0 aliphatic carbocycles. The van der Waals surface area contributed by atoms with Crippen molar-refractivity contribution < 1.29 is 42.9 Å². The summed E-state index contributed by atoms with van der Waals surface area (Å²) in [5.41, 5.74) is 0. The van der Waals surface area contributed by atoms with Crippen molar-refractivity contribution in [3.8, 4) is 0 Å². The molecule has 0 saturated heterocycles. The monoisotopic (exact) mass is 1220 g/mol. The van der Waals surface area contributed by atoms with Gasteiger partial charge >= 0.3 is 11.9 Å². The lowest BCUT2D eigenvalue weighted by Crippen LogP contribution is -2.44. The van der Waals surface area contributed by atoms with E-state index in [2.05, 4.69) is 86.8 Å². The SMILES string of the molecule is CC/C=C\C/C=C\C/C=C\C/C=C\C/C=C\C/C=C\CCCCCCCCCCCCCCCCC(=O)OC(COC(=O)CCCCCCCCCCCCCCCCCCCCCCCCCCCCCCC)COC(OCC[N+](C)(C)C)C(=O)[O-]. The lowest BCUT2D eigenvalue weighted by atomic mass is 10.0. The average molecular weight is 1220 g/mol. The molecule has 506 valence electrons. The van der Waals surface area contributed by atoms with Gasteiger partial charge in [-0.1, -0.05) is 344 Å². The standard InChI is InChI=1S/C78H141NO8/c1-6-8-10-12-14-16-18-20-22-24-26-28-30-32-34-36-37-38-39-41-43-45-47-49-51-53-55-57-59-61-63-65-67-69-76(81)87-74(73-86-78(77(82)83)84-71-70-79(3,4)5)72-85-75(80)68-66-64-62-60-58-56-54-52-50-48-46-44-42-40-35-33-31-29-27-25-23-21-19-17-15-13-11-9-7-2/h8,10,14,16,20,22,26,28,32,34,37-38,74,78H,6-7,9,11-13,15,17-19,21,23-25,27,29-31,33,35-36,39-73H2,1-5H3/b10-8-,16-14-,22-20-,28-26-,34-32-,38-37-. The quantitative estimate of drug-likeness (QED) is 0.0195. The number of carbonyl (C=O) groups is 3. The van der Waals surface area contributed by atoms with Gasteiger partial charge in [0.15, 0.2) is 12.4 Å². The fourth-order valence-electron chi connectivity index (χ4n) is 10.8. The van der Waals surface area contributed by atoms with E-state index in [0.29, 0.717) is 23.9 Å². The molecular weight excluding hydrogens is 1080 g/mol. The molecule has 0 aliphatic rings. The van der Waals surface area contributed by atoms with Gasteiger partial charge in [0.2, 0.25) is 0 Å². The number of carbonyl (C=O) groups excluding carboxylic acids is 3. The van der Waals surface area contributed by atoms with Gasteiger partial charge in [0.1, 0.15) is 13.2 Å².